The van der Waals surface area contributed by atoms with Crippen LogP contribution in [0, 0.1) is 5.82 Å². The minimum Gasteiger partial charge on any atom is -0.458 e. The van der Waals surface area contributed by atoms with E-state index in [4.69, 9.17) is 9.72 Å². The Morgan fingerprint density at radius 3 is 2.74 bits per heavy atom. The summed E-state index contributed by atoms with van der Waals surface area (Å²) in [6.07, 6.45) is 3.88. The molecule has 0 unspecified atom stereocenters. The number of carbonyl (C=O) groups is 1. The molecule has 2 aliphatic heterocycles. The molecule has 1 atom stereocenters. The molecule has 2 aromatic heterocycles. The molecule has 3 aromatic rings. The van der Waals surface area contributed by atoms with Gasteiger partial charge in [0.25, 0.3) is 5.56 Å². The number of aliphatic hydroxyl groups is 2. The summed E-state index contributed by atoms with van der Waals surface area (Å²) in [5.74, 6) is -1.13. The van der Waals surface area contributed by atoms with Gasteiger partial charge in [-0.2, -0.15) is 0 Å². The first-order chi connectivity index (χ1) is 16.3. The summed E-state index contributed by atoms with van der Waals surface area (Å²) in [5, 5.41) is 21.2. The van der Waals surface area contributed by atoms with Crippen LogP contribution in [0.5, 0.6) is 0 Å². The third-order valence-electron chi connectivity index (χ3n) is 6.91. The Morgan fingerprint density at radius 1 is 1.24 bits per heavy atom. The van der Waals surface area contributed by atoms with Crippen molar-refractivity contribution in [3.8, 4) is 11.4 Å². The van der Waals surface area contributed by atoms with Gasteiger partial charge >= 0.3 is 5.97 Å². The fourth-order valence-electron chi connectivity index (χ4n) is 5.02. The summed E-state index contributed by atoms with van der Waals surface area (Å²) in [6.45, 7) is 1.84. The Labute approximate surface area is 199 Å². The number of aryl methyl sites for hydroxylation is 1. The van der Waals surface area contributed by atoms with Crippen molar-refractivity contribution >= 4 is 28.6 Å². The quantitative estimate of drug-likeness (QED) is 0.246. The van der Waals surface area contributed by atoms with Crippen LogP contribution in [0.2, 0.25) is 0 Å². The molecule has 0 aliphatic carbocycles. The number of pyridine rings is 2. The van der Waals surface area contributed by atoms with E-state index in [1.807, 2.05) is 6.26 Å². The molecular weight excluding hydrogens is 459 g/mol. The first-order valence-electron chi connectivity index (χ1n) is 11.3. The lowest BCUT2D eigenvalue weighted by Gasteiger charge is -2.31. The number of fused-ring (bicyclic) bond motifs is 5. The third-order valence-corrected chi connectivity index (χ3v) is 7.67. The van der Waals surface area contributed by atoms with E-state index in [2.05, 4.69) is 0 Å². The van der Waals surface area contributed by atoms with Crippen molar-refractivity contribution in [3.63, 3.8) is 0 Å². The highest BCUT2D eigenvalue weighted by Gasteiger charge is 2.45. The number of rotatable bonds is 6. The molecule has 1 aromatic carbocycles. The van der Waals surface area contributed by atoms with Crippen LogP contribution in [-0.2, 0) is 34.7 Å². The molecule has 34 heavy (non-hydrogen) atoms. The van der Waals surface area contributed by atoms with Crippen LogP contribution in [0.1, 0.15) is 48.4 Å². The summed E-state index contributed by atoms with van der Waals surface area (Å²) in [7, 11) is 0. The van der Waals surface area contributed by atoms with Crippen LogP contribution < -0.4 is 5.56 Å². The van der Waals surface area contributed by atoms with Gasteiger partial charge in [0.05, 0.1) is 29.0 Å². The summed E-state index contributed by atoms with van der Waals surface area (Å²) >= 11 is 1.32. The van der Waals surface area contributed by atoms with Crippen LogP contribution in [0.4, 0.5) is 4.39 Å². The Kier molecular flexibility index (Phi) is 5.74. The van der Waals surface area contributed by atoms with E-state index in [1.54, 1.807) is 23.6 Å². The standard InChI is InChI=1S/C25H25FN2O5S/c1-3-25(32)17-9-20-22-15(11-28(20)23(30)16(17)12-33-24(25)31)13(6-4-5-7-29)14-8-21(34-2)18(26)10-19(14)27-22/h8-10,29,32H,3-7,11-12H2,1-2H3/t25-/m0/s1. The smallest absolute Gasteiger partial charge is 0.343 e. The van der Waals surface area contributed by atoms with E-state index in [9.17, 15) is 24.2 Å². The molecule has 2 aliphatic rings. The minimum atomic E-state index is -1.90. The molecule has 0 radical (unpaired) electrons. The number of hydrogen-bond acceptors (Lipinski definition) is 7. The van der Waals surface area contributed by atoms with E-state index in [-0.39, 0.29) is 42.1 Å². The predicted molar refractivity (Wildman–Crippen MR) is 126 cm³/mol. The Balaban J connectivity index is 1.78. The third kappa shape index (κ3) is 3.29. The topological polar surface area (TPSA) is 102 Å². The maximum absolute atomic E-state index is 14.7. The number of halogens is 1. The second-order valence-electron chi connectivity index (χ2n) is 8.71. The molecule has 0 spiro atoms. The number of aliphatic hydroxyl groups excluding tert-OH is 1. The molecule has 0 fully saturated rings. The lowest BCUT2D eigenvalue weighted by atomic mass is 9.86. The number of ether oxygens (including phenoxy) is 1. The molecule has 0 saturated heterocycles. The largest absolute Gasteiger partial charge is 0.458 e. The monoisotopic (exact) mass is 484 g/mol. The van der Waals surface area contributed by atoms with E-state index < -0.39 is 11.6 Å². The van der Waals surface area contributed by atoms with Crippen molar-refractivity contribution in [3.05, 3.63) is 56.6 Å². The van der Waals surface area contributed by atoms with Crippen molar-refractivity contribution < 1.29 is 24.1 Å². The molecule has 0 bridgehead atoms. The highest BCUT2D eigenvalue weighted by atomic mass is 32.2. The van der Waals surface area contributed by atoms with Crippen LogP contribution >= 0.6 is 11.8 Å². The molecule has 178 valence electrons. The number of aromatic nitrogens is 2. The van der Waals surface area contributed by atoms with Crippen LogP contribution in [0.3, 0.4) is 0 Å². The lowest BCUT2D eigenvalue weighted by molar-refractivity contribution is -0.172. The summed E-state index contributed by atoms with van der Waals surface area (Å²) in [4.78, 5) is 31.1. The maximum atomic E-state index is 14.7. The average Bonchev–Trinajstić information content (AvgIpc) is 3.20. The Morgan fingerprint density at radius 2 is 2.03 bits per heavy atom. The number of cyclic esters (lactones) is 1. The van der Waals surface area contributed by atoms with Gasteiger partial charge in [-0.3, -0.25) is 4.79 Å². The number of benzene rings is 1. The second kappa shape index (κ2) is 8.48. The zero-order valence-corrected chi connectivity index (χ0v) is 19.8. The molecule has 0 amide bonds. The van der Waals surface area contributed by atoms with Crippen LogP contribution in [-0.4, -0.2) is 38.6 Å². The molecule has 0 saturated carbocycles. The van der Waals surface area contributed by atoms with Gasteiger partial charge in [-0.15, -0.1) is 11.8 Å². The van der Waals surface area contributed by atoms with Crippen LogP contribution in [0.15, 0.2) is 27.9 Å². The highest BCUT2D eigenvalue weighted by molar-refractivity contribution is 7.98. The molecule has 7 nitrogen and oxygen atoms in total. The zero-order valence-electron chi connectivity index (χ0n) is 19.0. The summed E-state index contributed by atoms with van der Waals surface area (Å²) in [5.41, 5.74) is 1.68. The van der Waals surface area contributed by atoms with Gasteiger partial charge in [0.15, 0.2) is 5.60 Å². The zero-order chi connectivity index (χ0) is 24.2. The van der Waals surface area contributed by atoms with Crippen molar-refractivity contribution in [2.75, 3.05) is 12.9 Å². The fourth-order valence-corrected chi connectivity index (χ4v) is 5.51. The van der Waals surface area contributed by atoms with Crippen LogP contribution in [0.25, 0.3) is 22.3 Å². The van der Waals surface area contributed by atoms with Gasteiger partial charge in [-0.05, 0) is 49.6 Å². The van der Waals surface area contributed by atoms with Crippen molar-refractivity contribution in [1.82, 2.24) is 9.55 Å². The highest BCUT2D eigenvalue weighted by Crippen LogP contribution is 2.41. The van der Waals surface area contributed by atoms with Gasteiger partial charge in [-0.1, -0.05) is 6.92 Å². The predicted octanol–water partition coefficient (Wildman–Crippen LogP) is 3.26. The molecule has 4 heterocycles. The number of esters is 1. The first-order valence-corrected chi connectivity index (χ1v) is 12.5. The number of thioether (sulfide) groups is 1. The first kappa shape index (κ1) is 23.0. The summed E-state index contributed by atoms with van der Waals surface area (Å²) in [6, 6.07) is 4.88. The number of carbonyl (C=O) groups excluding carboxylic acids is 1. The number of hydrogen-bond donors (Lipinski definition) is 2. The van der Waals surface area contributed by atoms with E-state index in [0.717, 1.165) is 22.9 Å². The lowest BCUT2D eigenvalue weighted by Crippen LogP contribution is -2.44. The van der Waals surface area contributed by atoms with E-state index >= 15 is 0 Å². The normalized spacial score (nSPS) is 18.6. The number of unbranched alkanes of at least 4 members (excludes halogenated alkanes) is 1. The second-order valence-corrected chi connectivity index (χ2v) is 9.55. The summed E-state index contributed by atoms with van der Waals surface area (Å²) < 4.78 is 21.4. The molecule has 9 heteroatoms. The Bertz CT molecular complexity index is 1400. The van der Waals surface area contributed by atoms with Gasteiger partial charge < -0.3 is 19.5 Å². The van der Waals surface area contributed by atoms with Gasteiger partial charge in [0.1, 0.15) is 12.4 Å². The molecule has 2 N–H and O–H groups in total. The van der Waals surface area contributed by atoms with E-state index in [1.165, 1.54) is 17.8 Å². The average molecular weight is 485 g/mol. The SMILES string of the molecule is CC[C@@]1(O)C(=O)OCc2c1cc1n(c2=O)Cc2c-1nc1cc(F)c(SC)cc1c2CCCCO. The van der Waals surface area contributed by atoms with E-state index in [0.29, 0.717) is 41.2 Å². The fraction of sp³-hybridized carbons (Fsp3) is 0.400. The van der Waals surface area contributed by atoms with Gasteiger partial charge in [0.2, 0.25) is 0 Å². The molecule has 5 rings (SSSR count). The number of nitrogens with zero attached hydrogens (tertiary/aromatic N) is 2. The van der Waals surface area contributed by atoms with Gasteiger partial charge in [-0.25, -0.2) is 14.2 Å². The van der Waals surface area contributed by atoms with Crippen molar-refractivity contribution in [1.29, 1.82) is 0 Å². The van der Waals surface area contributed by atoms with Crippen molar-refractivity contribution in [2.24, 2.45) is 0 Å². The Hall–Kier alpha value is -2.75. The minimum absolute atomic E-state index is 0.0643. The van der Waals surface area contributed by atoms with Gasteiger partial charge in [0, 0.05) is 34.1 Å². The van der Waals surface area contributed by atoms with Crippen molar-refractivity contribution in [2.45, 2.75) is 56.3 Å². The molecular formula is C25H25FN2O5S. The maximum Gasteiger partial charge on any atom is 0.343 e.